The molecule has 1 aromatic rings. The molecule has 1 rings (SSSR count). The van der Waals surface area contributed by atoms with Crippen molar-refractivity contribution in [2.24, 2.45) is 0 Å². The molecule has 0 aliphatic rings. The smallest absolute Gasteiger partial charge is 0.229 e. The second kappa shape index (κ2) is 20.3. The van der Waals surface area contributed by atoms with E-state index in [4.69, 9.17) is 5.73 Å². The average molecular weight is 435 g/mol. The Morgan fingerprint density at radius 1 is 0.484 bits per heavy atom. The van der Waals surface area contributed by atoms with E-state index in [0.29, 0.717) is 11.9 Å². The fourth-order valence-corrected chi connectivity index (χ4v) is 3.80. The quantitative estimate of drug-likeness (QED) is 0.165. The summed E-state index contributed by atoms with van der Waals surface area (Å²) in [6.07, 6.45) is 24.4. The van der Waals surface area contributed by atoms with Crippen molar-refractivity contribution < 1.29 is 0 Å². The lowest BCUT2D eigenvalue weighted by molar-refractivity contribution is 0.530. The Morgan fingerprint density at radius 2 is 0.839 bits per heavy atom. The van der Waals surface area contributed by atoms with E-state index in [1.165, 1.54) is 96.3 Å². The van der Waals surface area contributed by atoms with Crippen LogP contribution in [0.3, 0.4) is 0 Å². The molecule has 180 valence electrons. The molecule has 1 aromatic heterocycles. The van der Waals surface area contributed by atoms with Gasteiger partial charge in [0.25, 0.3) is 0 Å². The third kappa shape index (κ3) is 16.7. The summed E-state index contributed by atoms with van der Waals surface area (Å²) in [4.78, 5) is 12.7. The minimum atomic E-state index is 0.267. The molecule has 0 radical (unpaired) electrons. The van der Waals surface area contributed by atoms with E-state index in [1.807, 2.05) is 0 Å². The molecule has 0 unspecified atom stereocenters. The van der Waals surface area contributed by atoms with E-state index in [9.17, 15) is 0 Å². The van der Waals surface area contributed by atoms with Gasteiger partial charge >= 0.3 is 0 Å². The number of nitrogens with one attached hydrogen (secondary N) is 2. The number of hydrogen-bond acceptors (Lipinski definition) is 6. The first-order chi connectivity index (χ1) is 15.3. The normalized spacial score (nSPS) is 11.0. The first-order valence-corrected chi connectivity index (χ1v) is 13.3. The second-order valence-corrected chi connectivity index (χ2v) is 8.85. The minimum absolute atomic E-state index is 0.267. The van der Waals surface area contributed by atoms with Crippen LogP contribution in [0.4, 0.5) is 17.8 Å². The van der Waals surface area contributed by atoms with Crippen LogP contribution in [0.1, 0.15) is 129 Å². The predicted molar refractivity (Wildman–Crippen MR) is 136 cm³/mol. The molecule has 0 amide bonds. The average Bonchev–Trinajstić information content (AvgIpc) is 2.76. The third-order valence-corrected chi connectivity index (χ3v) is 5.78. The Kier molecular flexibility index (Phi) is 18.0. The van der Waals surface area contributed by atoms with E-state index >= 15 is 0 Å². The summed E-state index contributed by atoms with van der Waals surface area (Å²) in [6.45, 7) is 6.19. The summed E-state index contributed by atoms with van der Waals surface area (Å²) in [6, 6.07) is 0. The number of nitrogens with two attached hydrogens (primary N) is 1. The number of aromatic nitrogens is 3. The molecule has 0 aliphatic heterocycles. The van der Waals surface area contributed by atoms with Crippen molar-refractivity contribution in [2.75, 3.05) is 29.5 Å². The Bertz CT molecular complexity index is 523. The molecule has 0 fully saturated rings. The van der Waals surface area contributed by atoms with E-state index in [2.05, 4.69) is 39.4 Å². The SMILES string of the molecule is CCCCCCCCCCCCCCCCCCNc1nc(N)nc(NCCCC)n1. The lowest BCUT2D eigenvalue weighted by Gasteiger charge is -2.08. The highest BCUT2D eigenvalue weighted by Crippen LogP contribution is 2.14. The zero-order chi connectivity index (χ0) is 22.4. The van der Waals surface area contributed by atoms with Gasteiger partial charge in [0.2, 0.25) is 17.8 Å². The van der Waals surface area contributed by atoms with E-state index in [1.54, 1.807) is 0 Å². The summed E-state index contributed by atoms with van der Waals surface area (Å²) in [7, 11) is 0. The van der Waals surface area contributed by atoms with Crippen molar-refractivity contribution in [3.63, 3.8) is 0 Å². The van der Waals surface area contributed by atoms with Crippen LogP contribution in [-0.2, 0) is 0 Å². The molecule has 31 heavy (non-hydrogen) atoms. The molecule has 0 spiro atoms. The second-order valence-electron chi connectivity index (χ2n) is 8.85. The molecule has 0 aromatic carbocycles. The highest BCUT2D eigenvalue weighted by molar-refractivity contribution is 5.39. The van der Waals surface area contributed by atoms with Crippen LogP contribution in [0, 0.1) is 0 Å². The van der Waals surface area contributed by atoms with E-state index in [-0.39, 0.29) is 5.95 Å². The zero-order valence-corrected chi connectivity index (χ0v) is 20.6. The van der Waals surface area contributed by atoms with Gasteiger partial charge in [-0.1, -0.05) is 117 Å². The number of nitrogen functional groups attached to an aromatic ring is 1. The van der Waals surface area contributed by atoms with Gasteiger partial charge in [-0.05, 0) is 12.8 Å². The molecule has 1 heterocycles. The standard InChI is InChI=1S/C25H50N6/c1-3-5-7-8-9-10-11-12-13-14-15-16-17-18-19-20-22-28-25-30-23(26)29-24(31-25)27-21-6-4-2/h3-22H2,1-2H3,(H4,26,27,28,29,30,31). The van der Waals surface area contributed by atoms with Gasteiger partial charge in [0.15, 0.2) is 0 Å². The Hall–Kier alpha value is -1.59. The van der Waals surface area contributed by atoms with Crippen LogP contribution in [-0.4, -0.2) is 28.0 Å². The topological polar surface area (TPSA) is 88.8 Å². The van der Waals surface area contributed by atoms with Crippen molar-refractivity contribution in [3.05, 3.63) is 0 Å². The molecular weight excluding hydrogens is 384 g/mol. The molecule has 0 bridgehead atoms. The zero-order valence-electron chi connectivity index (χ0n) is 20.6. The highest BCUT2D eigenvalue weighted by Gasteiger charge is 2.03. The Labute approximate surface area is 192 Å². The summed E-state index contributed by atoms with van der Waals surface area (Å²) in [5, 5.41) is 6.49. The number of rotatable bonds is 22. The monoisotopic (exact) mass is 434 g/mol. The number of nitrogens with zero attached hydrogens (tertiary/aromatic N) is 3. The van der Waals surface area contributed by atoms with Crippen molar-refractivity contribution in [2.45, 2.75) is 129 Å². The van der Waals surface area contributed by atoms with Crippen LogP contribution in [0.25, 0.3) is 0 Å². The van der Waals surface area contributed by atoms with Crippen LogP contribution in [0.2, 0.25) is 0 Å². The minimum Gasteiger partial charge on any atom is -0.368 e. The van der Waals surface area contributed by atoms with Gasteiger partial charge in [-0.3, -0.25) is 0 Å². The summed E-state index contributed by atoms with van der Waals surface area (Å²) in [5.41, 5.74) is 5.79. The summed E-state index contributed by atoms with van der Waals surface area (Å²) >= 11 is 0. The van der Waals surface area contributed by atoms with Crippen molar-refractivity contribution >= 4 is 17.8 Å². The molecule has 4 N–H and O–H groups in total. The number of hydrogen-bond donors (Lipinski definition) is 3. The van der Waals surface area contributed by atoms with Crippen molar-refractivity contribution in [3.8, 4) is 0 Å². The van der Waals surface area contributed by atoms with E-state index < -0.39 is 0 Å². The van der Waals surface area contributed by atoms with Gasteiger partial charge < -0.3 is 16.4 Å². The fourth-order valence-electron chi connectivity index (χ4n) is 3.80. The first kappa shape index (κ1) is 27.4. The van der Waals surface area contributed by atoms with Gasteiger partial charge in [0.1, 0.15) is 0 Å². The predicted octanol–water partition coefficient (Wildman–Crippen LogP) is 7.34. The molecule has 6 nitrogen and oxygen atoms in total. The van der Waals surface area contributed by atoms with Crippen molar-refractivity contribution in [1.29, 1.82) is 0 Å². The molecule has 6 heteroatoms. The first-order valence-electron chi connectivity index (χ1n) is 13.3. The van der Waals surface area contributed by atoms with Crippen LogP contribution < -0.4 is 16.4 Å². The maximum absolute atomic E-state index is 5.79. The molecular formula is C25H50N6. The lowest BCUT2D eigenvalue weighted by atomic mass is 10.0. The largest absolute Gasteiger partial charge is 0.368 e. The van der Waals surface area contributed by atoms with Gasteiger partial charge in [0, 0.05) is 13.1 Å². The van der Waals surface area contributed by atoms with Gasteiger partial charge in [-0.15, -0.1) is 0 Å². The Morgan fingerprint density at radius 3 is 1.26 bits per heavy atom. The molecule has 0 saturated carbocycles. The van der Waals surface area contributed by atoms with Crippen LogP contribution >= 0.6 is 0 Å². The highest BCUT2D eigenvalue weighted by atomic mass is 15.2. The van der Waals surface area contributed by atoms with Crippen LogP contribution in [0.5, 0.6) is 0 Å². The maximum Gasteiger partial charge on any atom is 0.229 e. The lowest BCUT2D eigenvalue weighted by Crippen LogP contribution is -2.12. The van der Waals surface area contributed by atoms with Crippen molar-refractivity contribution in [1.82, 2.24) is 15.0 Å². The third-order valence-electron chi connectivity index (χ3n) is 5.78. The van der Waals surface area contributed by atoms with Gasteiger partial charge in [-0.25, -0.2) is 0 Å². The summed E-state index contributed by atoms with van der Waals surface area (Å²) < 4.78 is 0. The number of anilines is 3. The maximum atomic E-state index is 5.79. The fraction of sp³-hybridized carbons (Fsp3) is 0.880. The molecule has 0 atom stereocenters. The van der Waals surface area contributed by atoms with Gasteiger partial charge in [-0.2, -0.15) is 15.0 Å². The summed E-state index contributed by atoms with van der Waals surface area (Å²) in [5.74, 6) is 1.41. The molecule has 0 aliphatic carbocycles. The number of unbranched alkanes of at least 4 members (excludes halogenated alkanes) is 16. The van der Waals surface area contributed by atoms with Crippen LogP contribution in [0.15, 0.2) is 0 Å². The van der Waals surface area contributed by atoms with E-state index in [0.717, 1.165) is 32.4 Å². The molecule has 0 saturated heterocycles. The Balaban J connectivity index is 1.89. The van der Waals surface area contributed by atoms with Gasteiger partial charge in [0.05, 0.1) is 0 Å².